The van der Waals surface area contributed by atoms with Gasteiger partial charge in [0.15, 0.2) is 16.7 Å². The third-order valence-electron chi connectivity index (χ3n) is 4.22. The molecule has 0 unspecified atom stereocenters. The predicted octanol–water partition coefficient (Wildman–Crippen LogP) is 2.48. The average molecular weight is 449 g/mol. The second-order valence-electron chi connectivity index (χ2n) is 6.49. The van der Waals surface area contributed by atoms with Gasteiger partial charge in [-0.15, -0.1) is 19.6 Å². The number of para-hydroxylation sites is 1. The number of nitrogens with zero attached hydrogens (tertiary/aromatic N) is 3. The van der Waals surface area contributed by atoms with Gasteiger partial charge >= 0.3 is 6.36 Å². The number of hydrogen-bond acceptors (Lipinski definition) is 5. The lowest BCUT2D eigenvalue weighted by molar-refractivity contribution is -0.275. The van der Waals surface area contributed by atoms with Crippen LogP contribution in [0.1, 0.15) is 0 Å². The highest BCUT2D eigenvalue weighted by Gasteiger charge is 2.44. The van der Waals surface area contributed by atoms with E-state index in [0.717, 1.165) is 18.2 Å². The molecular weight excluding hydrogens is 432 g/mol. The SMILES string of the molecule is C#C/C(Cl)=N\N(C)C[C@H]1CN(C)C(=O)[C@@H]1C(=O)Nc1cccc(F)c1OC(F)(F)F. The molecule has 1 saturated heterocycles. The number of anilines is 1. The van der Waals surface area contributed by atoms with E-state index in [-0.39, 0.29) is 18.3 Å². The van der Waals surface area contributed by atoms with Gasteiger partial charge in [0.05, 0.1) is 5.69 Å². The number of carbonyl (C=O) groups excluding carboxylic acids is 2. The Labute approximate surface area is 174 Å². The van der Waals surface area contributed by atoms with Crippen molar-refractivity contribution in [2.45, 2.75) is 6.36 Å². The fourth-order valence-corrected chi connectivity index (χ4v) is 3.20. The van der Waals surface area contributed by atoms with Crippen molar-refractivity contribution < 1.29 is 31.9 Å². The summed E-state index contributed by atoms with van der Waals surface area (Å²) < 4.78 is 55.3. The summed E-state index contributed by atoms with van der Waals surface area (Å²) in [5, 5.41) is 7.25. The molecule has 2 rings (SSSR count). The molecule has 12 heteroatoms. The molecule has 1 aliphatic heterocycles. The van der Waals surface area contributed by atoms with E-state index in [2.05, 4.69) is 21.1 Å². The maximum atomic E-state index is 13.8. The lowest BCUT2D eigenvalue weighted by atomic mass is 9.94. The molecule has 1 aromatic carbocycles. The third-order valence-corrected chi connectivity index (χ3v) is 4.41. The predicted molar refractivity (Wildman–Crippen MR) is 101 cm³/mol. The monoisotopic (exact) mass is 448 g/mol. The van der Waals surface area contributed by atoms with Crippen molar-refractivity contribution in [3.8, 4) is 18.1 Å². The number of ether oxygens (including phenoxy) is 1. The number of amides is 2. The maximum absolute atomic E-state index is 13.8. The van der Waals surface area contributed by atoms with Gasteiger partial charge in [-0.1, -0.05) is 17.7 Å². The van der Waals surface area contributed by atoms with E-state index >= 15 is 0 Å². The molecule has 0 saturated carbocycles. The Kier molecular flexibility index (Phi) is 7.15. The molecule has 7 nitrogen and oxygen atoms in total. The van der Waals surface area contributed by atoms with Gasteiger partial charge in [0.1, 0.15) is 5.92 Å². The van der Waals surface area contributed by atoms with Crippen molar-refractivity contribution >= 4 is 34.3 Å². The number of benzene rings is 1. The quantitative estimate of drug-likeness (QED) is 0.238. The second-order valence-corrected chi connectivity index (χ2v) is 6.84. The topological polar surface area (TPSA) is 74.2 Å². The molecule has 0 aromatic heterocycles. The summed E-state index contributed by atoms with van der Waals surface area (Å²) in [6.45, 7) is 0.278. The number of halogens is 5. The van der Waals surface area contributed by atoms with Crippen LogP contribution in [0.25, 0.3) is 0 Å². The van der Waals surface area contributed by atoms with E-state index in [1.807, 2.05) is 0 Å². The molecular formula is C18H17ClF4N4O3. The van der Waals surface area contributed by atoms with Crippen LogP contribution in [0, 0.1) is 30.0 Å². The molecule has 1 aliphatic rings. The van der Waals surface area contributed by atoms with Crippen molar-refractivity contribution in [3.63, 3.8) is 0 Å². The molecule has 162 valence electrons. The Balaban J connectivity index is 2.25. The molecule has 1 N–H and O–H groups in total. The van der Waals surface area contributed by atoms with E-state index in [4.69, 9.17) is 18.0 Å². The van der Waals surface area contributed by atoms with Gasteiger partial charge in [-0.2, -0.15) is 5.10 Å². The van der Waals surface area contributed by atoms with Gasteiger partial charge in [-0.3, -0.25) is 14.6 Å². The van der Waals surface area contributed by atoms with E-state index in [0.29, 0.717) is 0 Å². The van der Waals surface area contributed by atoms with Crippen LogP contribution in [0.2, 0.25) is 0 Å². The molecule has 0 bridgehead atoms. The van der Waals surface area contributed by atoms with Crippen LogP contribution in [0.15, 0.2) is 23.3 Å². The Morgan fingerprint density at radius 1 is 1.50 bits per heavy atom. The van der Waals surface area contributed by atoms with Gasteiger partial charge in [0, 0.05) is 33.1 Å². The number of hydrogen-bond donors (Lipinski definition) is 1. The summed E-state index contributed by atoms with van der Waals surface area (Å²) in [6.07, 6.45) is -0.0602. The summed E-state index contributed by atoms with van der Waals surface area (Å²) in [5.74, 6) is -3.70. The van der Waals surface area contributed by atoms with Gasteiger partial charge in [0.2, 0.25) is 11.8 Å². The molecule has 0 spiro atoms. The Bertz CT molecular complexity index is 900. The van der Waals surface area contributed by atoms with Crippen LogP contribution in [-0.2, 0) is 9.59 Å². The molecule has 1 heterocycles. The van der Waals surface area contributed by atoms with Crippen LogP contribution in [-0.4, -0.2) is 60.4 Å². The molecule has 2 amide bonds. The number of likely N-dealkylation sites (tertiary alicyclic amines) is 1. The Hall–Kier alpha value is -3.00. The zero-order chi connectivity index (χ0) is 22.6. The van der Waals surface area contributed by atoms with Crippen LogP contribution in [0.3, 0.4) is 0 Å². The summed E-state index contributed by atoms with van der Waals surface area (Å²) >= 11 is 5.67. The fraction of sp³-hybridized carbons (Fsp3) is 0.389. The largest absolute Gasteiger partial charge is 0.573 e. The van der Waals surface area contributed by atoms with Crippen molar-refractivity contribution in [2.24, 2.45) is 16.9 Å². The molecule has 0 radical (unpaired) electrons. The van der Waals surface area contributed by atoms with Crippen LogP contribution in [0.5, 0.6) is 5.75 Å². The first kappa shape index (κ1) is 23.3. The molecule has 1 aromatic rings. The second kappa shape index (κ2) is 9.21. The van der Waals surface area contributed by atoms with E-state index in [9.17, 15) is 27.2 Å². The number of terminal acetylenes is 1. The zero-order valence-electron chi connectivity index (χ0n) is 15.8. The first-order valence-electron chi connectivity index (χ1n) is 8.45. The highest BCUT2D eigenvalue weighted by atomic mass is 35.5. The van der Waals surface area contributed by atoms with Crippen LogP contribution in [0.4, 0.5) is 23.2 Å². The average Bonchev–Trinajstić information content (AvgIpc) is 2.90. The lowest BCUT2D eigenvalue weighted by Crippen LogP contribution is -2.36. The zero-order valence-corrected chi connectivity index (χ0v) is 16.6. The Morgan fingerprint density at radius 3 is 2.77 bits per heavy atom. The van der Waals surface area contributed by atoms with Crippen LogP contribution >= 0.6 is 11.6 Å². The fourth-order valence-electron chi connectivity index (χ4n) is 3.07. The van der Waals surface area contributed by atoms with Crippen molar-refractivity contribution in [1.29, 1.82) is 0 Å². The number of alkyl halides is 3. The van der Waals surface area contributed by atoms with Gasteiger partial charge in [-0.25, -0.2) is 4.39 Å². The minimum absolute atomic E-state index is 0.0983. The number of carbonyl (C=O) groups is 2. The first-order valence-corrected chi connectivity index (χ1v) is 8.82. The van der Waals surface area contributed by atoms with E-state index in [1.165, 1.54) is 24.0 Å². The molecule has 1 fully saturated rings. The lowest BCUT2D eigenvalue weighted by Gasteiger charge is -2.22. The number of hydrazone groups is 1. The van der Waals surface area contributed by atoms with E-state index in [1.54, 1.807) is 0 Å². The normalized spacial score (nSPS) is 19.5. The maximum Gasteiger partial charge on any atom is 0.573 e. The minimum atomic E-state index is -5.18. The van der Waals surface area contributed by atoms with Gasteiger partial charge in [0.25, 0.3) is 0 Å². The summed E-state index contributed by atoms with van der Waals surface area (Å²) in [4.78, 5) is 26.5. The van der Waals surface area contributed by atoms with Crippen molar-refractivity contribution in [1.82, 2.24) is 9.91 Å². The summed E-state index contributed by atoms with van der Waals surface area (Å²) in [7, 11) is 3.00. The Morgan fingerprint density at radius 2 is 2.17 bits per heavy atom. The summed E-state index contributed by atoms with van der Waals surface area (Å²) in [5.41, 5.74) is -0.555. The van der Waals surface area contributed by atoms with Crippen LogP contribution < -0.4 is 10.1 Å². The minimum Gasteiger partial charge on any atom is -0.400 e. The van der Waals surface area contributed by atoms with Crippen molar-refractivity contribution in [2.75, 3.05) is 32.5 Å². The highest BCUT2D eigenvalue weighted by Crippen LogP contribution is 2.34. The smallest absolute Gasteiger partial charge is 0.400 e. The molecule has 30 heavy (non-hydrogen) atoms. The van der Waals surface area contributed by atoms with Gasteiger partial charge < -0.3 is 15.0 Å². The van der Waals surface area contributed by atoms with Gasteiger partial charge in [-0.05, 0) is 18.1 Å². The third kappa shape index (κ3) is 5.76. The number of rotatable bonds is 6. The first-order chi connectivity index (χ1) is 13.9. The number of nitrogens with one attached hydrogen (secondary N) is 1. The highest BCUT2D eigenvalue weighted by molar-refractivity contribution is 6.69. The van der Waals surface area contributed by atoms with E-state index < -0.39 is 47.3 Å². The van der Waals surface area contributed by atoms with Crippen molar-refractivity contribution in [3.05, 3.63) is 24.0 Å². The molecule has 2 atom stereocenters. The standard InChI is InChI=1S/C18H17ClF4N4O3/c1-4-13(19)25-27(3)9-10-8-26(2)17(29)14(10)16(28)24-12-7-5-6-11(20)15(12)30-18(21,22)23/h1,5-7,10,14H,8-9H2,2-3H3,(H,24,28)/b25-13+/t10-,14+/m1/s1. The summed E-state index contributed by atoms with van der Waals surface area (Å²) in [6, 6.07) is 2.87. The molecule has 0 aliphatic carbocycles.